The van der Waals surface area contributed by atoms with Gasteiger partial charge in [0.2, 0.25) is 5.95 Å². The second-order valence-corrected chi connectivity index (χ2v) is 5.18. The topological polar surface area (TPSA) is 37.8 Å². The van der Waals surface area contributed by atoms with Gasteiger partial charge < -0.3 is 5.32 Å². The maximum absolute atomic E-state index is 4.71. The molecule has 3 heteroatoms. The average Bonchev–Trinajstić information content (AvgIpc) is 2.54. The average molecular weight is 277 g/mol. The fraction of sp³-hybridized carbons (Fsp3) is 0.222. The largest absolute Gasteiger partial charge is 0.354 e. The number of nitrogens with one attached hydrogen (secondary N) is 1. The number of aromatic nitrogens is 2. The standard InChI is InChI=1S/C18H19N3/c1-3-11-19-18-20-12-13(2)17(21-18)16-10-6-8-14-7-4-5-9-15(14)16/h4-10,12H,3,11H2,1-2H3,(H,19,20,21). The minimum Gasteiger partial charge on any atom is -0.354 e. The van der Waals surface area contributed by atoms with E-state index >= 15 is 0 Å². The van der Waals surface area contributed by atoms with Crippen molar-refractivity contribution in [1.29, 1.82) is 0 Å². The Morgan fingerprint density at radius 2 is 1.86 bits per heavy atom. The SMILES string of the molecule is CCCNc1ncc(C)c(-c2cccc3ccccc23)n1. The number of anilines is 1. The Hall–Kier alpha value is -2.42. The molecule has 1 heterocycles. The first kappa shape index (κ1) is 13.6. The molecule has 106 valence electrons. The zero-order valence-electron chi connectivity index (χ0n) is 12.4. The number of fused-ring (bicyclic) bond motifs is 1. The van der Waals surface area contributed by atoms with E-state index in [1.54, 1.807) is 0 Å². The summed E-state index contributed by atoms with van der Waals surface area (Å²) in [6.07, 6.45) is 2.95. The fourth-order valence-electron chi connectivity index (χ4n) is 2.47. The van der Waals surface area contributed by atoms with Gasteiger partial charge in [-0.15, -0.1) is 0 Å². The molecule has 3 rings (SSSR count). The quantitative estimate of drug-likeness (QED) is 0.766. The van der Waals surface area contributed by atoms with Gasteiger partial charge in [0.1, 0.15) is 0 Å². The summed E-state index contributed by atoms with van der Waals surface area (Å²) in [5, 5.41) is 5.72. The summed E-state index contributed by atoms with van der Waals surface area (Å²) in [5.41, 5.74) is 3.25. The van der Waals surface area contributed by atoms with Crippen LogP contribution in [-0.4, -0.2) is 16.5 Å². The first-order valence-corrected chi connectivity index (χ1v) is 7.35. The van der Waals surface area contributed by atoms with Crippen molar-refractivity contribution < 1.29 is 0 Å². The Labute approximate surface area is 125 Å². The highest BCUT2D eigenvalue weighted by Crippen LogP contribution is 2.29. The molecule has 0 bridgehead atoms. The summed E-state index contributed by atoms with van der Waals surface area (Å²) in [5.74, 6) is 0.699. The Balaban J connectivity index is 2.13. The molecule has 0 aliphatic carbocycles. The van der Waals surface area contributed by atoms with Crippen LogP contribution in [0, 0.1) is 6.92 Å². The molecule has 0 atom stereocenters. The number of benzene rings is 2. The van der Waals surface area contributed by atoms with Crippen LogP contribution in [0.1, 0.15) is 18.9 Å². The third kappa shape index (κ3) is 2.72. The van der Waals surface area contributed by atoms with Crippen molar-refractivity contribution in [2.75, 3.05) is 11.9 Å². The van der Waals surface area contributed by atoms with Gasteiger partial charge in [0.15, 0.2) is 0 Å². The van der Waals surface area contributed by atoms with Gasteiger partial charge in [-0.05, 0) is 29.7 Å². The van der Waals surface area contributed by atoms with Crippen molar-refractivity contribution >= 4 is 16.7 Å². The van der Waals surface area contributed by atoms with E-state index in [0.29, 0.717) is 5.95 Å². The zero-order chi connectivity index (χ0) is 14.7. The molecular formula is C18H19N3. The van der Waals surface area contributed by atoms with Crippen LogP contribution in [0.25, 0.3) is 22.0 Å². The number of rotatable bonds is 4. The van der Waals surface area contributed by atoms with Crippen LogP contribution < -0.4 is 5.32 Å². The predicted octanol–water partition coefficient (Wildman–Crippen LogP) is 4.43. The molecule has 0 saturated carbocycles. The molecule has 1 N–H and O–H groups in total. The summed E-state index contributed by atoms with van der Waals surface area (Å²) in [7, 11) is 0. The van der Waals surface area contributed by atoms with E-state index in [-0.39, 0.29) is 0 Å². The molecule has 0 radical (unpaired) electrons. The molecule has 0 unspecified atom stereocenters. The summed E-state index contributed by atoms with van der Waals surface area (Å²) in [6, 6.07) is 14.7. The van der Waals surface area contributed by atoms with Crippen molar-refractivity contribution in [3.05, 3.63) is 54.2 Å². The van der Waals surface area contributed by atoms with E-state index in [1.807, 2.05) is 6.20 Å². The van der Waals surface area contributed by atoms with E-state index in [9.17, 15) is 0 Å². The smallest absolute Gasteiger partial charge is 0.223 e. The molecule has 3 aromatic rings. The van der Waals surface area contributed by atoms with Crippen LogP contribution >= 0.6 is 0 Å². The molecule has 0 fully saturated rings. The molecule has 1 aromatic heterocycles. The lowest BCUT2D eigenvalue weighted by Crippen LogP contribution is -2.05. The van der Waals surface area contributed by atoms with Gasteiger partial charge >= 0.3 is 0 Å². The van der Waals surface area contributed by atoms with E-state index in [4.69, 9.17) is 4.98 Å². The van der Waals surface area contributed by atoms with Crippen LogP contribution in [0.2, 0.25) is 0 Å². The van der Waals surface area contributed by atoms with Gasteiger partial charge in [0.05, 0.1) is 5.69 Å². The van der Waals surface area contributed by atoms with Crippen molar-refractivity contribution in [1.82, 2.24) is 9.97 Å². The third-order valence-electron chi connectivity index (χ3n) is 3.55. The van der Waals surface area contributed by atoms with Crippen molar-refractivity contribution in [3.63, 3.8) is 0 Å². The number of hydrogen-bond donors (Lipinski definition) is 1. The first-order chi connectivity index (χ1) is 10.3. The maximum Gasteiger partial charge on any atom is 0.223 e. The lowest BCUT2D eigenvalue weighted by atomic mass is 10.00. The van der Waals surface area contributed by atoms with Crippen LogP contribution in [0.15, 0.2) is 48.7 Å². The minimum absolute atomic E-state index is 0.699. The van der Waals surface area contributed by atoms with Gasteiger partial charge in [0, 0.05) is 18.3 Å². The van der Waals surface area contributed by atoms with E-state index < -0.39 is 0 Å². The van der Waals surface area contributed by atoms with Crippen molar-refractivity contribution in [2.45, 2.75) is 20.3 Å². The Bertz CT molecular complexity index is 760. The Kier molecular flexibility index (Phi) is 3.82. The molecule has 0 saturated heterocycles. The highest BCUT2D eigenvalue weighted by molar-refractivity contribution is 5.96. The van der Waals surface area contributed by atoms with Gasteiger partial charge in [-0.3, -0.25) is 0 Å². The lowest BCUT2D eigenvalue weighted by Gasteiger charge is -2.11. The molecule has 2 aromatic carbocycles. The second-order valence-electron chi connectivity index (χ2n) is 5.18. The lowest BCUT2D eigenvalue weighted by molar-refractivity contribution is 0.951. The number of nitrogens with zero attached hydrogens (tertiary/aromatic N) is 2. The third-order valence-corrected chi connectivity index (χ3v) is 3.55. The van der Waals surface area contributed by atoms with Gasteiger partial charge in [-0.1, -0.05) is 49.4 Å². The number of hydrogen-bond acceptors (Lipinski definition) is 3. The van der Waals surface area contributed by atoms with E-state index in [2.05, 4.69) is 66.6 Å². The highest BCUT2D eigenvalue weighted by Gasteiger charge is 2.09. The van der Waals surface area contributed by atoms with Gasteiger partial charge in [-0.2, -0.15) is 0 Å². The molecule has 3 nitrogen and oxygen atoms in total. The molecule has 0 aliphatic heterocycles. The maximum atomic E-state index is 4.71. The van der Waals surface area contributed by atoms with Crippen LogP contribution in [0.5, 0.6) is 0 Å². The molecular weight excluding hydrogens is 258 g/mol. The van der Waals surface area contributed by atoms with Crippen LogP contribution in [-0.2, 0) is 0 Å². The van der Waals surface area contributed by atoms with Gasteiger partial charge in [-0.25, -0.2) is 9.97 Å². The summed E-state index contributed by atoms with van der Waals surface area (Å²) < 4.78 is 0. The number of aryl methyl sites for hydroxylation is 1. The Morgan fingerprint density at radius 3 is 2.71 bits per heavy atom. The molecule has 0 spiro atoms. The Morgan fingerprint density at radius 1 is 1.05 bits per heavy atom. The van der Waals surface area contributed by atoms with Crippen LogP contribution in [0.4, 0.5) is 5.95 Å². The molecule has 0 aliphatic rings. The highest BCUT2D eigenvalue weighted by atomic mass is 15.1. The molecule has 21 heavy (non-hydrogen) atoms. The summed E-state index contributed by atoms with van der Waals surface area (Å²) in [6.45, 7) is 5.07. The first-order valence-electron chi connectivity index (χ1n) is 7.35. The van der Waals surface area contributed by atoms with E-state index in [1.165, 1.54) is 10.8 Å². The summed E-state index contributed by atoms with van der Waals surface area (Å²) in [4.78, 5) is 9.07. The summed E-state index contributed by atoms with van der Waals surface area (Å²) >= 11 is 0. The van der Waals surface area contributed by atoms with Crippen LogP contribution in [0.3, 0.4) is 0 Å². The molecule has 0 amide bonds. The van der Waals surface area contributed by atoms with E-state index in [0.717, 1.165) is 29.8 Å². The second kappa shape index (κ2) is 5.92. The van der Waals surface area contributed by atoms with Crippen molar-refractivity contribution in [3.8, 4) is 11.3 Å². The minimum atomic E-state index is 0.699. The predicted molar refractivity (Wildman–Crippen MR) is 88.5 cm³/mol. The monoisotopic (exact) mass is 277 g/mol. The normalized spacial score (nSPS) is 10.8. The van der Waals surface area contributed by atoms with Crippen molar-refractivity contribution in [2.24, 2.45) is 0 Å². The fourth-order valence-corrected chi connectivity index (χ4v) is 2.47. The zero-order valence-corrected chi connectivity index (χ0v) is 12.4. The van der Waals surface area contributed by atoms with Gasteiger partial charge in [0.25, 0.3) is 0 Å².